The third kappa shape index (κ3) is 5.97. The van der Waals surface area contributed by atoms with E-state index in [0.29, 0.717) is 17.6 Å². The topological polar surface area (TPSA) is 75.7 Å². The number of ether oxygens (including phenoxy) is 1. The molecule has 0 aliphatic rings. The second-order valence-electron chi connectivity index (χ2n) is 4.56. The summed E-state index contributed by atoms with van der Waals surface area (Å²) in [4.78, 5) is 36.5. The highest BCUT2D eigenvalue weighted by molar-refractivity contribution is 9.10. The van der Waals surface area contributed by atoms with Crippen LogP contribution in [-0.2, 0) is 14.3 Å². The minimum atomic E-state index is -0.939. The van der Waals surface area contributed by atoms with Crippen LogP contribution in [0, 0.1) is 5.82 Å². The van der Waals surface area contributed by atoms with Gasteiger partial charge in [0, 0.05) is 17.6 Å². The summed E-state index contributed by atoms with van der Waals surface area (Å²) in [5, 5.41) is 2.57. The lowest BCUT2D eigenvalue weighted by molar-refractivity contribution is -0.138. The van der Waals surface area contributed by atoms with Gasteiger partial charge in [-0.25, -0.2) is 9.18 Å². The molecule has 0 aliphatic carbocycles. The number of rotatable bonds is 7. The van der Waals surface area contributed by atoms with Crippen LogP contribution in [0.4, 0.5) is 4.39 Å². The van der Waals surface area contributed by atoms with E-state index >= 15 is 0 Å². The summed E-state index contributed by atoms with van der Waals surface area (Å²) in [6.45, 7) is 3.54. The number of hydrogen-bond acceptors (Lipinski definition) is 4. The molecule has 1 aromatic carbocycles. The number of nitrogens with one attached hydrogen (secondary N) is 1. The Morgan fingerprint density at radius 2 is 2.00 bits per heavy atom. The number of amides is 2. The molecule has 0 aromatic heterocycles. The van der Waals surface area contributed by atoms with Gasteiger partial charge in [-0.2, -0.15) is 0 Å². The maximum absolute atomic E-state index is 13.6. The molecule has 23 heavy (non-hydrogen) atoms. The Morgan fingerprint density at radius 3 is 2.61 bits per heavy atom. The lowest BCUT2D eigenvalue weighted by Crippen LogP contribution is -2.42. The fourth-order valence-electron chi connectivity index (χ4n) is 1.75. The largest absolute Gasteiger partial charge is 0.452 e. The third-order valence-electron chi connectivity index (χ3n) is 2.92. The fourth-order valence-corrected chi connectivity index (χ4v) is 2.11. The van der Waals surface area contributed by atoms with Gasteiger partial charge in [0.25, 0.3) is 5.91 Å². The lowest BCUT2D eigenvalue weighted by atomic mass is 10.2. The summed E-state index contributed by atoms with van der Waals surface area (Å²) < 4.78 is 18.9. The Kier molecular flexibility index (Phi) is 7.67. The quantitative estimate of drug-likeness (QED) is 0.721. The summed E-state index contributed by atoms with van der Waals surface area (Å²) in [7, 11) is 0. The molecule has 126 valence electrons. The molecule has 0 heterocycles. The van der Waals surface area contributed by atoms with Crippen molar-refractivity contribution >= 4 is 33.7 Å². The smallest absolute Gasteiger partial charge is 0.341 e. The Bertz CT molecular complexity index is 595. The Morgan fingerprint density at radius 1 is 1.30 bits per heavy atom. The van der Waals surface area contributed by atoms with Gasteiger partial charge in [0.1, 0.15) is 5.82 Å². The van der Waals surface area contributed by atoms with Crippen molar-refractivity contribution in [3.05, 3.63) is 34.1 Å². The van der Waals surface area contributed by atoms with Gasteiger partial charge < -0.3 is 15.0 Å². The number of esters is 1. The minimum Gasteiger partial charge on any atom is -0.452 e. The van der Waals surface area contributed by atoms with E-state index < -0.39 is 24.3 Å². The molecule has 8 heteroatoms. The number of benzene rings is 1. The van der Waals surface area contributed by atoms with Crippen molar-refractivity contribution in [1.29, 1.82) is 0 Å². The van der Waals surface area contributed by atoms with Crippen molar-refractivity contribution in [2.75, 3.05) is 26.2 Å². The number of carbonyl (C=O) groups excluding carboxylic acids is 3. The number of likely N-dealkylation sites (N-methyl/N-ethyl adjacent to an activating group) is 2. The molecule has 0 atom stereocenters. The van der Waals surface area contributed by atoms with Gasteiger partial charge in [-0.1, -0.05) is 15.9 Å². The van der Waals surface area contributed by atoms with Crippen LogP contribution in [0.25, 0.3) is 0 Å². The predicted molar refractivity (Wildman–Crippen MR) is 85.3 cm³/mol. The van der Waals surface area contributed by atoms with Gasteiger partial charge in [0.15, 0.2) is 6.61 Å². The average Bonchev–Trinajstić information content (AvgIpc) is 2.52. The molecule has 0 radical (unpaired) electrons. The van der Waals surface area contributed by atoms with Crippen molar-refractivity contribution in [1.82, 2.24) is 10.2 Å². The highest BCUT2D eigenvalue weighted by Gasteiger charge is 2.19. The first kappa shape index (κ1) is 19.1. The van der Waals surface area contributed by atoms with Gasteiger partial charge in [0.05, 0.1) is 12.1 Å². The Labute approximate surface area is 142 Å². The molecule has 1 rings (SSSR count). The zero-order valence-electron chi connectivity index (χ0n) is 12.9. The molecular weight excluding hydrogens is 371 g/mol. The molecule has 0 fully saturated rings. The molecule has 6 nitrogen and oxygen atoms in total. The first-order valence-corrected chi connectivity index (χ1v) is 7.85. The van der Waals surface area contributed by atoms with Gasteiger partial charge in [0.2, 0.25) is 5.91 Å². The maximum atomic E-state index is 13.6. The zero-order chi connectivity index (χ0) is 17.4. The summed E-state index contributed by atoms with van der Waals surface area (Å²) in [6.07, 6.45) is 0. The van der Waals surface area contributed by atoms with Crippen molar-refractivity contribution in [2.24, 2.45) is 0 Å². The second-order valence-corrected chi connectivity index (χ2v) is 5.48. The Hall–Kier alpha value is -1.96. The highest BCUT2D eigenvalue weighted by atomic mass is 79.9. The standard InChI is InChI=1S/C15H18BrFN2O4/c1-3-18-13(20)8-19(4-2)14(21)9-23-15(22)11-7-10(16)5-6-12(11)17/h5-7H,3-4,8-9H2,1-2H3,(H,18,20). The molecule has 1 N–H and O–H groups in total. The van der Waals surface area contributed by atoms with Crippen molar-refractivity contribution in [3.63, 3.8) is 0 Å². The molecule has 0 saturated heterocycles. The van der Waals surface area contributed by atoms with Crippen LogP contribution in [0.1, 0.15) is 24.2 Å². The number of hydrogen-bond donors (Lipinski definition) is 1. The average molecular weight is 389 g/mol. The SMILES string of the molecule is CCNC(=O)CN(CC)C(=O)COC(=O)c1cc(Br)ccc1F. The molecular formula is C15H18BrFN2O4. The van der Waals surface area contributed by atoms with E-state index in [1.165, 1.54) is 17.0 Å². The van der Waals surface area contributed by atoms with E-state index in [1.54, 1.807) is 13.8 Å². The lowest BCUT2D eigenvalue weighted by Gasteiger charge is -2.20. The van der Waals surface area contributed by atoms with Crippen LogP contribution < -0.4 is 5.32 Å². The minimum absolute atomic E-state index is 0.119. The molecule has 0 bridgehead atoms. The second kappa shape index (κ2) is 9.24. The summed E-state index contributed by atoms with van der Waals surface area (Å²) >= 11 is 3.13. The maximum Gasteiger partial charge on any atom is 0.341 e. The first-order chi connectivity index (χ1) is 10.9. The fraction of sp³-hybridized carbons (Fsp3) is 0.400. The molecule has 0 saturated carbocycles. The number of nitrogens with zero attached hydrogens (tertiary/aromatic N) is 1. The predicted octanol–water partition coefficient (Wildman–Crippen LogP) is 1.73. The van der Waals surface area contributed by atoms with E-state index in [2.05, 4.69) is 21.2 Å². The van der Waals surface area contributed by atoms with Gasteiger partial charge in [-0.05, 0) is 32.0 Å². The van der Waals surface area contributed by atoms with Gasteiger partial charge in [-0.3, -0.25) is 9.59 Å². The van der Waals surface area contributed by atoms with Crippen LogP contribution in [0.5, 0.6) is 0 Å². The summed E-state index contributed by atoms with van der Waals surface area (Å²) in [6, 6.07) is 3.84. The summed E-state index contributed by atoms with van der Waals surface area (Å²) in [5.74, 6) is -2.50. The first-order valence-electron chi connectivity index (χ1n) is 7.05. The number of halogens is 2. The zero-order valence-corrected chi connectivity index (χ0v) is 14.5. The van der Waals surface area contributed by atoms with Gasteiger partial charge >= 0.3 is 5.97 Å². The monoisotopic (exact) mass is 388 g/mol. The van der Waals surface area contributed by atoms with E-state index in [9.17, 15) is 18.8 Å². The van der Waals surface area contributed by atoms with Crippen molar-refractivity contribution < 1.29 is 23.5 Å². The highest BCUT2D eigenvalue weighted by Crippen LogP contribution is 2.16. The molecule has 0 aliphatic heterocycles. The number of carbonyl (C=O) groups is 3. The van der Waals surface area contributed by atoms with Crippen molar-refractivity contribution in [2.45, 2.75) is 13.8 Å². The Balaban J connectivity index is 2.61. The molecule has 0 unspecified atom stereocenters. The van der Waals surface area contributed by atoms with Crippen LogP contribution >= 0.6 is 15.9 Å². The van der Waals surface area contributed by atoms with E-state index in [1.807, 2.05) is 0 Å². The normalized spacial score (nSPS) is 10.1. The van der Waals surface area contributed by atoms with Crippen LogP contribution in [-0.4, -0.2) is 48.9 Å². The summed E-state index contributed by atoms with van der Waals surface area (Å²) in [5.41, 5.74) is -0.265. The molecule has 1 aromatic rings. The van der Waals surface area contributed by atoms with E-state index in [0.717, 1.165) is 6.07 Å². The van der Waals surface area contributed by atoms with Crippen molar-refractivity contribution in [3.8, 4) is 0 Å². The molecule has 2 amide bonds. The molecule has 0 spiro atoms. The van der Waals surface area contributed by atoms with Crippen LogP contribution in [0.15, 0.2) is 22.7 Å². The van der Waals surface area contributed by atoms with E-state index in [4.69, 9.17) is 4.74 Å². The van der Waals surface area contributed by atoms with Crippen LogP contribution in [0.3, 0.4) is 0 Å². The van der Waals surface area contributed by atoms with E-state index in [-0.39, 0.29) is 18.0 Å². The van der Waals surface area contributed by atoms with Crippen LogP contribution in [0.2, 0.25) is 0 Å². The third-order valence-corrected chi connectivity index (χ3v) is 3.41. The van der Waals surface area contributed by atoms with Gasteiger partial charge in [-0.15, -0.1) is 0 Å².